The van der Waals surface area contributed by atoms with E-state index >= 15 is 0 Å². The van der Waals surface area contributed by atoms with Gasteiger partial charge in [0.1, 0.15) is 5.57 Å². The van der Waals surface area contributed by atoms with Crippen molar-refractivity contribution in [1.82, 2.24) is 0 Å². The zero-order chi connectivity index (χ0) is 23.7. The second-order valence-electron chi connectivity index (χ2n) is 7.80. The number of para-hydroxylation sites is 2. The molecule has 0 aliphatic carbocycles. The molecule has 0 fully saturated rings. The monoisotopic (exact) mass is 471 g/mol. The highest BCUT2D eigenvalue weighted by molar-refractivity contribution is 6.30. The molecular formula is C27H22ClN3O3. The number of carbonyl (C=O) groups is 1. The Morgan fingerprint density at radius 2 is 1.76 bits per heavy atom. The Morgan fingerprint density at radius 1 is 1.06 bits per heavy atom. The summed E-state index contributed by atoms with van der Waals surface area (Å²) in [6, 6.07) is 24.8. The summed E-state index contributed by atoms with van der Waals surface area (Å²) in [5.74, 6) is -0.851. The average molecular weight is 472 g/mol. The first-order valence-corrected chi connectivity index (χ1v) is 11.3. The number of aliphatic imine (C=N–C) groups is 1. The Balaban J connectivity index is 1.83. The number of hydrogen-bond donors (Lipinski definition) is 2. The third kappa shape index (κ3) is 3.93. The van der Waals surface area contributed by atoms with Gasteiger partial charge in [0.25, 0.3) is 0 Å². The Morgan fingerprint density at radius 3 is 2.50 bits per heavy atom. The molecule has 6 nitrogen and oxygen atoms in total. The smallest absolute Gasteiger partial charge is 0.340 e. The minimum atomic E-state index is -0.596. The van der Waals surface area contributed by atoms with Gasteiger partial charge in [-0.05, 0) is 42.3 Å². The summed E-state index contributed by atoms with van der Waals surface area (Å²) in [6.45, 7) is 1.96. The van der Waals surface area contributed by atoms with Crippen molar-refractivity contribution >= 4 is 40.5 Å². The van der Waals surface area contributed by atoms with Crippen LogP contribution in [0.1, 0.15) is 24.0 Å². The van der Waals surface area contributed by atoms with Crippen LogP contribution in [0.15, 0.2) is 101 Å². The lowest BCUT2D eigenvalue weighted by Crippen LogP contribution is -2.32. The second-order valence-corrected chi connectivity index (χ2v) is 8.24. The molecule has 34 heavy (non-hydrogen) atoms. The molecule has 7 heteroatoms. The summed E-state index contributed by atoms with van der Waals surface area (Å²) in [6.07, 6.45) is 0. The number of nitrogens with zero attached hydrogens (tertiary/aromatic N) is 1. The highest BCUT2D eigenvalue weighted by Crippen LogP contribution is 2.45. The van der Waals surface area contributed by atoms with E-state index in [-0.39, 0.29) is 18.1 Å². The number of fused-ring (bicyclic) bond motifs is 2. The summed E-state index contributed by atoms with van der Waals surface area (Å²) >= 11 is 6.18. The van der Waals surface area contributed by atoms with Crippen molar-refractivity contribution in [3.8, 4) is 0 Å². The van der Waals surface area contributed by atoms with Crippen LogP contribution in [0.4, 0.5) is 11.4 Å². The van der Waals surface area contributed by atoms with Gasteiger partial charge in [0.2, 0.25) is 11.8 Å². The number of hydrogen-bond acceptors (Lipinski definition) is 6. The molecule has 0 saturated heterocycles. The van der Waals surface area contributed by atoms with E-state index in [1.54, 1.807) is 19.1 Å². The first-order valence-electron chi connectivity index (χ1n) is 10.9. The second kappa shape index (κ2) is 9.08. The summed E-state index contributed by atoms with van der Waals surface area (Å²) in [7, 11) is 0. The van der Waals surface area contributed by atoms with Gasteiger partial charge < -0.3 is 20.5 Å². The molecule has 2 aliphatic rings. The number of halogens is 1. The van der Waals surface area contributed by atoms with Crippen LogP contribution in [0.2, 0.25) is 5.02 Å². The molecular weight excluding hydrogens is 450 g/mol. The topological polar surface area (TPSA) is 85.9 Å². The van der Waals surface area contributed by atoms with Crippen LogP contribution in [-0.4, -0.2) is 18.5 Å². The van der Waals surface area contributed by atoms with Crippen LogP contribution < -0.4 is 11.1 Å². The van der Waals surface area contributed by atoms with Crippen molar-refractivity contribution in [2.75, 3.05) is 11.9 Å². The molecule has 0 spiro atoms. The molecule has 0 unspecified atom stereocenters. The fraction of sp³-hybridized carbons (Fsp3) is 0.111. The molecule has 170 valence electrons. The molecule has 2 heterocycles. The largest absolute Gasteiger partial charge is 0.462 e. The maximum Gasteiger partial charge on any atom is 0.340 e. The number of nitrogens with one attached hydrogen (secondary N) is 1. The summed E-state index contributed by atoms with van der Waals surface area (Å²) < 4.78 is 11.4. The zero-order valence-electron chi connectivity index (χ0n) is 18.4. The maximum atomic E-state index is 13.1. The van der Waals surface area contributed by atoms with Crippen molar-refractivity contribution in [3.63, 3.8) is 0 Å². The quantitative estimate of drug-likeness (QED) is 0.473. The van der Waals surface area contributed by atoms with E-state index in [1.807, 2.05) is 66.7 Å². The van der Waals surface area contributed by atoms with Crippen molar-refractivity contribution < 1.29 is 14.3 Å². The lowest BCUT2D eigenvalue weighted by atomic mass is 9.81. The van der Waals surface area contributed by atoms with Crippen LogP contribution in [-0.2, 0) is 14.3 Å². The van der Waals surface area contributed by atoms with E-state index < -0.39 is 11.9 Å². The SMILES string of the molecule is CCOC(=O)C1=C(N)OC2=Nc3ccccc3NC(c3ccccc3)=C2[C@H]1c1ccc(Cl)cc1. The van der Waals surface area contributed by atoms with Gasteiger partial charge in [-0.15, -0.1) is 0 Å². The molecule has 0 saturated carbocycles. The van der Waals surface area contributed by atoms with Crippen LogP contribution in [0.25, 0.3) is 5.70 Å². The first-order chi connectivity index (χ1) is 16.6. The van der Waals surface area contributed by atoms with E-state index in [9.17, 15) is 4.79 Å². The zero-order valence-corrected chi connectivity index (χ0v) is 19.2. The number of rotatable bonds is 4. The molecule has 5 rings (SSSR count). The van der Waals surface area contributed by atoms with E-state index in [0.717, 1.165) is 22.5 Å². The minimum absolute atomic E-state index is 0.0345. The van der Waals surface area contributed by atoms with Gasteiger partial charge in [-0.25, -0.2) is 9.79 Å². The van der Waals surface area contributed by atoms with Crippen LogP contribution in [0.5, 0.6) is 0 Å². The number of carbonyl (C=O) groups excluding carboxylic acids is 1. The fourth-order valence-corrected chi connectivity index (χ4v) is 4.32. The van der Waals surface area contributed by atoms with E-state index in [4.69, 9.17) is 31.8 Å². The third-order valence-corrected chi connectivity index (χ3v) is 5.95. The van der Waals surface area contributed by atoms with Gasteiger partial charge in [-0.1, -0.05) is 66.2 Å². The lowest BCUT2D eigenvalue weighted by Gasteiger charge is -2.31. The Kier molecular flexibility index (Phi) is 5.82. The van der Waals surface area contributed by atoms with Gasteiger partial charge in [-0.3, -0.25) is 0 Å². The third-order valence-electron chi connectivity index (χ3n) is 5.70. The Bertz CT molecular complexity index is 1350. The predicted octanol–water partition coefficient (Wildman–Crippen LogP) is 5.75. The average Bonchev–Trinajstić information content (AvgIpc) is 3.01. The first kappa shape index (κ1) is 21.8. The summed E-state index contributed by atoms with van der Waals surface area (Å²) in [5, 5.41) is 4.12. The number of benzene rings is 3. The molecule has 3 N–H and O–H groups in total. The lowest BCUT2D eigenvalue weighted by molar-refractivity contribution is -0.139. The van der Waals surface area contributed by atoms with Gasteiger partial charge >= 0.3 is 5.97 Å². The van der Waals surface area contributed by atoms with E-state index in [2.05, 4.69) is 5.32 Å². The van der Waals surface area contributed by atoms with E-state index in [1.165, 1.54) is 0 Å². The normalized spacial score (nSPS) is 17.0. The molecule has 0 radical (unpaired) electrons. The standard InChI is InChI=1S/C27H22ClN3O3/c1-2-33-27(32)23-21(16-12-14-18(28)15-13-16)22-24(17-8-4-3-5-9-17)30-19-10-6-7-11-20(19)31-26(22)34-25(23)29/h3-15,21,30H,2,29H2,1H3/t21-/m1/s1. The number of esters is 1. The number of nitrogens with two attached hydrogens (primary N) is 1. The molecule has 2 aliphatic heterocycles. The molecule has 3 aromatic rings. The minimum Gasteiger partial charge on any atom is -0.462 e. The molecule has 0 bridgehead atoms. The van der Waals surface area contributed by atoms with E-state index in [0.29, 0.717) is 22.2 Å². The van der Waals surface area contributed by atoms with Gasteiger partial charge in [0.15, 0.2) is 0 Å². The van der Waals surface area contributed by atoms with Gasteiger partial charge in [0, 0.05) is 5.02 Å². The van der Waals surface area contributed by atoms with Crippen molar-refractivity contribution in [2.24, 2.45) is 10.7 Å². The highest BCUT2D eigenvalue weighted by atomic mass is 35.5. The fourth-order valence-electron chi connectivity index (χ4n) is 4.20. The molecule has 1 atom stereocenters. The Hall–Kier alpha value is -4.03. The maximum absolute atomic E-state index is 13.1. The van der Waals surface area contributed by atoms with Crippen LogP contribution in [0.3, 0.4) is 0 Å². The van der Waals surface area contributed by atoms with Crippen LogP contribution >= 0.6 is 11.6 Å². The van der Waals surface area contributed by atoms with Gasteiger partial charge in [0.05, 0.1) is 35.2 Å². The highest BCUT2D eigenvalue weighted by Gasteiger charge is 2.41. The number of ether oxygens (including phenoxy) is 2. The van der Waals surface area contributed by atoms with Crippen LogP contribution in [0, 0.1) is 0 Å². The van der Waals surface area contributed by atoms with Crippen molar-refractivity contribution in [1.29, 1.82) is 0 Å². The molecule has 3 aromatic carbocycles. The predicted molar refractivity (Wildman–Crippen MR) is 134 cm³/mol. The summed E-state index contributed by atoms with van der Waals surface area (Å²) in [4.78, 5) is 17.9. The Labute approximate surface area is 202 Å². The van der Waals surface area contributed by atoms with Gasteiger partial charge in [-0.2, -0.15) is 0 Å². The molecule has 0 amide bonds. The van der Waals surface area contributed by atoms with Crippen molar-refractivity contribution in [3.05, 3.63) is 112 Å². The number of anilines is 1. The summed E-state index contributed by atoms with van der Waals surface area (Å²) in [5.41, 5.74) is 11.2. The molecule has 0 aromatic heterocycles. The van der Waals surface area contributed by atoms with Crippen molar-refractivity contribution in [2.45, 2.75) is 12.8 Å².